The lowest BCUT2D eigenvalue weighted by molar-refractivity contribution is -0.121. The van der Waals surface area contributed by atoms with E-state index in [-0.39, 0.29) is 17.6 Å². The highest BCUT2D eigenvalue weighted by molar-refractivity contribution is 7.80. The van der Waals surface area contributed by atoms with Gasteiger partial charge in [0.1, 0.15) is 11.5 Å². The largest absolute Gasteiger partial charge is 0.494 e. The predicted octanol–water partition coefficient (Wildman–Crippen LogP) is 3.54. The average molecular weight is 358 g/mol. The Morgan fingerprint density at radius 3 is 2.16 bits per heavy atom. The number of anilines is 1. The summed E-state index contributed by atoms with van der Waals surface area (Å²) in [5, 5.41) is 5.75. The number of ether oxygens (including phenoxy) is 2. The Morgan fingerprint density at radius 2 is 1.56 bits per heavy atom. The van der Waals surface area contributed by atoms with Gasteiger partial charge in [0.2, 0.25) is 0 Å². The van der Waals surface area contributed by atoms with Gasteiger partial charge in [0.15, 0.2) is 11.7 Å². The second kappa shape index (κ2) is 9.64. The fourth-order valence-corrected chi connectivity index (χ4v) is 2.33. The maximum absolute atomic E-state index is 11.9. The van der Waals surface area contributed by atoms with Crippen LogP contribution in [0.4, 0.5) is 5.69 Å². The highest BCUT2D eigenvalue weighted by atomic mass is 32.1. The van der Waals surface area contributed by atoms with Crippen LogP contribution in [-0.4, -0.2) is 24.2 Å². The summed E-state index contributed by atoms with van der Waals surface area (Å²) in [6.07, 6.45) is 0.965. The van der Waals surface area contributed by atoms with Crippen molar-refractivity contribution in [1.29, 1.82) is 0 Å². The molecule has 132 valence electrons. The lowest BCUT2D eigenvalue weighted by Gasteiger charge is -2.11. The Balaban J connectivity index is 1.76. The first-order chi connectivity index (χ1) is 12.1. The molecule has 0 aliphatic rings. The minimum absolute atomic E-state index is 0.101. The zero-order chi connectivity index (χ0) is 18.1. The van der Waals surface area contributed by atoms with Crippen LogP contribution in [0.2, 0.25) is 0 Å². The second-order valence-corrected chi connectivity index (χ2v) is 5.65. The van der Waals surface area contributed by atoms with E-state index in [0.29, 0.717) is 12.4 Å². The summed E-state index contributed by atoms with van der Waals surface area (Å²) in [5.41, 5.74) is 1.99. The van der Waals surface area contributed by atoms with Crippen molar-refractivity contribution < 1.29 is 14.3 Å². The van der Waals surface area contributed by atoms with Gasteiger partial charge in [0.25, 0.3) is 5.91 Å². The van der Waals surface area contributed by atoms with Gasteiger partial charge in [-0.3, -0.25) is 10.1 Å². The van der Waals surface area contributed by atoms with Crippen molar-refractivity contribution in [2.45, 2.75) is 20.3 Å². The highest BCUT2D eigenvalue weighted by Crippen LogP contribution is 2.15. The molecule has 0 aliphatic heterocycles. The average Bonchev–Trinajstić information content (AvgIpc) is 2.62. The molecule has 0 heterocycles. The molecule has 0 aliphatic carbocycles. The molecule has 0 aromatic heterocycles. The van der Waals surface area contributed by atoms with E-state index in [1.165, 1.54) is 5.56 Å². The molecule has 0 bridgehead atoms. The number of carbonyl (C=O) groups excluding carboxylic acids is 1. The van der Waals surface area contributed by atoms with Gasteiger partial charge in [-0.25, -0.2) is 0 Å². The molecule has 2 rings (SSSR count). The third kappa shape index (κ3) is 6.43. The molecule has 0 spiro atoms. The summed E-state index contributed by atoms with van der Waals surface area (Å²) in [7, 11) is 0. The molecule has 2 aromatic rings. The molecule has 6 heteroatoms. The number of rotatable bonds is 7. The Bertz CT molecular complexity index is 700. The number of nitrogens with one attached hydrogen (secondary N) is 2. The standard InChI is InChI=1S/C19H22N2O3S/c1-3-14-5-9-17(10-6-14)24-13-18(22)21-19(25)20-15-7-11-16(12-8-15)23-4-2/h5-12H,3-4,13H2,1-2H3,(H2,20,21,22,25). The molecule has 0 radical (unpaired) electrons. The van der Waals surface area contributed by atoms with E-state index in [0.717, 1.165) is 17.9 Å². The van der Waals surface area contributed by atoms with Crippen molar-refractivity contribution in [2.75, 3.05) is 18.5 Å². The van der Waals surface area contributed by atoms with Crippen LogP contribution in [0.3, 0.4) is 0 Å². The van der Waals surface area contributed by atoms with Gasteiger partial charge in [-0.1, -0.05) is 19.1 Å². The Labute approximate surface area is 153 Å². The van der Waals surface area contributed by atoms with Crippen molar-refractivity contribution in [3.8, 4) is 11.5 Å². The van der Waals surface area contributed by atoms with E-state index in [1.54, 1.807) is 0 Å². The van der Waals surface area contributed by atoms with Crippen LogP contribution in [0.15, 0.2) is 48.5 Å². The lowest BCUT2D eigenvalue weighted by atomic mass is 10.2. The minimum Gasteiger partial charge on any atom is -0.494 e. The topological polar surface area (TPSA) is 59.6 Å². The Morgan fingerprint density at radius 1 is 0.960 bits per heavy atom. The number of benzene rings is 2. The van der Waals surface area contributed by atoms with Crippen molar-refractivity contribution in [3.63, 3.8) is 0 Å². The van der Waals surface area contributed by atoms with Crippen molar-refractivity contribution >= 4 is 28.9 Å². The summed E-state index contributed by atoms with van der Waals surface area (Å²) in [6, 6.07) is 15.0. The maximum atomic E-state index is 11.9. The van der Waals surface area contributed by atoms with E-state index in [9.17, 15) is 4.79 Å². The van der Waals surface area contributed by atoms with Gasteiger partial charge < -0.3 is 14.8 Å². The van der Waals surface area contributed by atoms with E-state index in [2.05, 4.69) is 17.6 Å². The molecule has 1 amide bonds. The van der Waals surface area contributed by atoms with Gasteiger partial charge in [0.05, 0.1) is 6.61 Å². The summed E-state index contributed by atoms with van der Waals surface area (Å²) in [4.78, 5) is 11.9. The monoisotopic (exact) mass is 358 g/mol. The van der Waals surface area contributed by atoms with Gasteiger partial charge in [-0.2, -0.15) is 0 Å². The smallest absolute Gasteiger partial charge is 0.264 e. The van der Waals surface area contributed by atoms with Crippen molar-refractivity contribution in [1.82, 2.24) is 5.32 Å². The molecule has 0 saturated heterocycles. The van der Waals surface area contributed by atoms with Crippen LogP contribution < -0.4 is 20.1 Å². The van der Waals surface area contributed by atoms with Gasteiger partial charge in [-0.15, -0.1) is 0 Å². The fourth-order valence-electron chi connectivity index (χ4n) is 2.10. The SMILES string of the molecule is CCOc1ccc(NC(=S)NC(=O)COc2ccc(CC)cc2)cc1. The molecule has 5 nitrogen and oxygen atoms in total. The second-order valence-electron chi connectivity index (χ2n) is 5.25. The van der Waals surface area contributed by atoms with E-state index < -0.39 is 0 Å². The maximum Gasteiger partial charge on any atom is 0.264 e. The summed E-state index contributed by atoms with van der Waals surface area (Å²) in [6.45, 7) is 4.53. The van der Waals surface area contributed by atoms with Crippen LogP contribution in [0.5, 0.6) is 11.5 Å². The first kappa shape index (κ1) is 18.7. The summed E-state index contributed by atoms with van der Waals surface area (Å²) < 4.78 is 10.8. The number of amides is 1. The highest BCUT2D eigenvalue weighted by Gasteiger charge is 2.06. The van der Waals surface area contributed by atoms with Gasteiger partial charge in [0, 0.05) is 5.69 Å². The third-order valence-corrected chi connectivity index (χ3v) is 3.58. The quantitative estimate of drug-likeness (QED) is 0.742. The Hall–Kier alpha value is -2.60. The molecule has 0 saturated carbocycles. The molecule has 0 unspecified atom stereocenters. The molecule has 0 fully saturated rings. The first-order valence-corrected chi connectivity index (χ1v) is 8.57. The zero-order valence-corrected chi connectivity index (χ0v) is 15.2. The van der Waals surface area contributed by atoms with Crippen molar-refractivity contribution in [3.05, 3.63) is 54.1 Å². The molecule has 0 atom stereocenters. The van der Waals surface area contributed by atoms with E-state index in [1.807, 2.05) is 55.5 Å². The van der Waals surface area contributed by atoms with Gasteiger partial charge in [-0.05, 0) is 67.5 Å². The first-order valence-electron chi connectivity index (χ1n) is 8.16. The molecule has 25 heavy (non-hydrogen) atoms. The fraction of sp³-hybridized carbons (Fsp3) is 0.263. The van der Waals surface area contributed by atoms with Crippen LogP contribution in [0, 0.1) is 0 Å². The van der Waals surface area contributed by atoms with Crippen LogP contribution in [-0.2, 0) is 11.2 Å². The van der Waals surface area contributed by atoms with Crippen LogP contribution in [0.25, 0.3) is 0 Å². The van der Waals surface area contributed by atoms with Gasteiger partial charge >= 0.3 is 0 Å². The number of aryl methyl sites for hydroxylation is 1. The number of thiocarbonyl (C=S) groups is 1. The zero-order valence-electron chi connectivity index (χ0n) is 14.4. The number of hydrogen-bond acceptors (Lipinski definition) is 4. The minimum atomic E-state index is -0.317. The molecule has 2 N–H and O–H groups in total. The molecular weight excluding hydrogens is 336 g/mol. The molecular formula is C19H22N2O3S. The predicted molar refractivity (Wildman–Crippen MR) is 103 cm³/mol. The summed E-state index contributed by atoms with van der Waals surface area (Å²) >= 11 is 5.13. The number of carbonyl (C=O) groups is 1. The Kier molecular flexibility index (Phi) is 7.22. The normalized spacial score (nSPS) is 10.0. The van der Waals surface area contributed by atoms with Crippen LogP contribution >= 0.6 is 12.2 Å². The lowest BCUT2D eigenvalue weighted by Crippen LogP contribution is -2.37. The van der Waals surface area contributed by atoms with E-state index in [4.69, 9.17) is 21.7 Å². The summed E-state index contributed by atoms with van der Waals surface area (Å²) in [5.74, 6) is 1.12. The van der Waals surface area contributed by atoms with E-state index >= 15 is 0 Å². The van der Waals surface area contributed by atoms with Crippen molar-refractivity contribution in [2.24, 2.45) is 0 Å². The number of hydrogen-bond donors (Lipinski definition) is 2. The van der Waals surface area contributed by atoms with Crippen LogP contribution in [0.1, 0.15) is 19.4 Å². The third-order valence-electron chi connectivity index (χ3n) is 3.38. The molecule has 2 aromatic carbocycles.